The number of likely N-dealkylation sites (tertiary alicyclic amines) is 1. The van der Waals surface area contributed by atoms with Crippen molar-refractivity contribution in [3.05, 3.63) is 0 Å². The molecular weight excluding hydrogens is 1760 g/mol. The fourth-order valence-corrected chi connectivity index (χ4v) is 16.4. The number of unbranched alkanes of at least 4 members (excludes halogenated alkanes) is 13. The summed E-state index contributed by atoms with van der Waals surface area (Å²) in [5.41, 5.74) is -0.369. The number of hydrogen-bond acceptors (Lipinski definition) is 32. The number of rotatable bonds is 67. The Morgan fingerprint density at radius 3 is 1.01 bits per heavy atom. The van der Waals surface area contributed by atoms with Crippen molar-refractivity contribution in [3.63, 3.8) is 0 Å². The summed E-state index contributed by atoms with van der Waals surface area (Å²) in [5, 5.41) is 133. The van der Waals surface area contributed by atoms with E-state index in [0.29, 0.717) is 136 Å². The maximum atomic E-state index is 14.2. The number of aliphatic hydroxyl groups is 10. The molecule has 0 radical (unpaired) electrons. The van der Waals surface area contributed by atoms with E-state index in [4.69, 9.17) is 47.4 Å². The molecule has 5 rings (SSSR count). The summed E-state index contributed by atoms with van der Waals surface area (Å²) in [6, 6.07) is -5.18. The van der Waals surface area contributed by atoms with Gasteiger partial charge in [-0.3, -0.25) is 57.5 Å². The summed E-state index contributed by atoms with van der Waals surface area (Å²) < 4.78 is 59.5. The van der Waals surface area contributed by atoms with Crippen LogP contribution in [0.1, 0.15) is 241 Å². The molecule has 5 aliphatic rings. The molecule has 134 heavy (non-hydrogen) atoms. The Bertz CT molecular complexity index is 3450. The average molecular weight is 1920 g/mol. The van der Waals surface area contributed by atoms with Crippen LogP contribution in [-0.2, 0) is 105 Å². The van der Waals surface area contributed by atoms with Crippen LogP contribution in [0.5, 0.6) is 0 Å². The molecule has 44 heteroatoms. The minimum atomic E-state index is -1.46. The lowest BCUT2D eigenvalue weighted by atomic mass is 9.77. The first-order valence-corrected chi connectivity index (χ1v) is 48.2. The number of nitrogens with zero attached hydrogens (tertiary/aromatic N) is 1. The van der Waals surface area contributed by atoms with E-state index in [-0.39, 0.29) is 170 Å². The molecule has 772 valence electrons. The van der Waals surface area contributed by atoms with E-state index in [1.807, 2.05) is 20.8 Å². The van der Waals surface area contributed by atoms with Gasteiger partial charge in [-0.05, 0) is 124 Å². The van der Waals surface area contributed by atoms with Crippen LogP contribution in [0.25, 0.3) is 0 Å². The number of β-amino-alcohol motifs (C(OH)–C–C–N with tert-alkyl or cyclic N) is 1. The van der Waals surface area contributed by atoms with Gasteiger partial charge in [0.2, 0.25) is 70.9 Å². The number of aliphatic hydroxyl groups excluding tert-OH is 10. The Labute approximate surface area is 786 Å². The van der Waals surface area contributed by atoms with E-state index in [2.05, 4.69) is 58.5 Å². The van der Waals surface area contributed by atoms with Crippen molar-refractivity contribution in [2.24, 2.45) is 5.92 Å². The van der Waals surface area contributed by atoms with Crippen molar-refractivity contribution in [2.75, 3.05) is 118 Å². The molecule has 21 N–H and O–H groups in total. The third-order valence-corrected chi connectivity index (χ3v) is 23.6. The van der Waals surface area contributed by atoms with Crippen LogP contribution >= 0.6 is 0 Å². The van der Waals surface area contributed by atoms with E-state index in [9.17, 15) is 109 Å². The van der Waals surface area contributed by atoms with Crippen molar-refractivity contribution in [2.45, 2.75) is 375 Å². The number of hydrogen-bond donors (Lipinski definition) is 21. The summed E-state index contributed by atoms with van der Waals surface area (Å²) in [6.07, 6.45) is -4.82. The third-order valence-electron chi connectivity index (χ3n) is 23.6. The van der Waals surface area contributed by atoms with Crippen molar-refractivity contribution in [1.82, 2.24) is 63.4 Å². The second kappa shape index (κ2) is 65.7. The molecule has 4 heterocycles. The zero-order valence-electron chi connectivity index (χ0n) is 79.5. The lowest BCUT2D eigenvalue weighted by Crippen LogP contribution is -2.66. The SMILES string of the molecule is CC(=O)N[C@@H]1[C@@H](OCCC(=O)NCCCCNC(=O)CCCCO[C@@H]2O[C@H](CO)[C@H](O)[C@H](O)[C@H]2NC(C)=O)[C@H](OCCC(=O)NCCCCNC(=O)CCCCO[C@@H]2O[C@H](CO)[C@H](O)[C@H](O)[C@H]2NC(C)=O)[C@@H](COCCC(=O)NCCCCNC(=O)CCCCO[C@@H]2O[C@H](CO)[C@H](O)[C@H](O)[C@H]2NC(C)=O)C[C@H]1NC(=O)CCCCCCCCCCC(=O)N1C[C@H](O)C[C@H]1COC(C)(C)C. The lowest BCUT2D eigenvalue weighted by molar-refractivity contribution is -0.270. The van der Waals surface area contributed by atoms with Gasteiger partial charge in [-0.15, -0.1) is 0 Å². The van der Waals surface area contributed by atoms with Crippen LogP contribution in [0.4, 0.5) is 0 Å². The van der Waals surface area contributed by atoms with Crippen molar-refractivity contribution in [1.29, 1.82) is 0 Å². The second-order valence-electron chi connectivity index (χ2n) is 36.2. The Kier molecular flexibility index (Phi) is 57.5. The Morgan fingerprint density at radius 1 is 0.336 bits per heavy atom. The maximum Gasteiger partial charge on any atom is 0.222 e. The molecular formula is C90H160N12O32. The van der Waals surface area contributed by atoms with Crippen LogP contribution in [0, 0.1) is 5.92 Å². The second-order valence-corrected chi connectivity index (χ2v) is 36.2. The molecule has 0 aromatic carbocycles. The highest BCUT2D eigenvalue weighted by atomic mass is 16.7. The molecule has 12 amide bonds. The number of carbonyl (C=O) groups excluding carboxylic acids is 12. The molecule has 4 aliphatic heterocycles. The molecule has 0 unspecified atom stereocenters. The zero-order chi connectivity index (χ0) is 98.5. The largest absolute Gasteiger partial charge is 0.394 e. The van der Waals surface area contributed by atoms with E-state index < -0.39 is 172 Å². The normalized spacial score (nSPS) is 26.9. The summed E-state index contributed by atoms with van der Waals surface area (Å²) >= 11 is 0. The predicted molar refractivity (Wildman–Crippen MR) is 481 cm³/mol. The van der Waals surface area contributed by atoms with Gasteiger partial charge in [0.1, 0.15) is 79.2 Å². The van der Waals surface area contributed by atoms with E-state index in [0.717, 1.165) is 44.9 Å². The molecule has 0 aromatic heterocycles. The summed E-state index contributed by atoms with van der Waals surface area (Å²) in [5.74, 6) is -4.55. The fraction of sp³-hybridized carbons (Fsp3) is 0.867. The fourth-order valence-electron chi connectivity index (χ4n) is 16.4. The van der Waals surface area contributed by atoms with E-state index in [1.165, 1.54) is 27.7 Å². The molecule has 0 aromatic rings. The van der Waals surface area contributed by atoms with Crippen molar-refractivity contribution < 1.29 is 156 Å². The van der Waals surface area contributed by atoms with Crippen LogP contribution in [0.2, 0.25) is 0 Å². The molecule has 1 saturated carbocycles. The van der Waals surface area contributed by atoms with Gasteiger partial charge in [-0.1, -0.05) is 38.5 Å². The highest BCUT2D eigenvalue weighted by Gasteiger charge is 2.51. The standard InChI is InChI=1S/C90H160N12O32/c1-56(106)97-75-63(101-73(117)31-14-12-10-8-9-11-13-15-32-74(118)102-50-62(110)49-61(102)55-131-90(5,6)7)48-60(54-125-45-33-70(114)94-39-22-19-36-91-67(111)28-16-25-42-128-87-76(98-57(2)107)82(122)79(119)64(51-103)132-87)85(126-46-34-71(115)95-40-23-20-37-92-68(112)29-17-26-43-129-88-77(99-58(3)108)83(123)80(120)65(52-104)133-88)86(75)127-47-35-72(116)96-41-24-21-38-93-69(113)30-18-27-44-130-89-78(100-59(4)109)84(124)81(121)66(53-105)134-89/h60-66,75-89,103-105,110,119-124H,8-55H2,1-7H3,(H,91,111)(H,92,112)(H,93,113)(H,94,114)(H,95,115)(H,96,116)(H,97,106)(H,98,107)(H,99,108)(H,100,109)(H,101,117)/t60-,61+,62-,63-,64-,65-,66-,75+,76-,77-,78-,79+,80+,81+,82-,83-,84-,85-,86-,87-,88-,89-/m1/s1. The highest BCUT2D eigenvalue weighted by Crippen LogP contribution is 2.33. The maximum absolute atomic E-state index is 14.2. The van der Waals surface area contributed by atoms with Crippen LogP contribution in [-0.4, -0.2) is 379 Å². The Hall–Kier alpha value is -7.16. The van der Waals surface area contributed by atoms with Gasteiger partial charge in [0.15, 0.2) is 18.9 Å². The van der Waals surface area contributed by atoms with Crippen LogP contribution in [0.15, 0.2) is 0 Å². The van der Waals surface area contributed by atoms with Gasteiger partial charge in [0.25, 0.3) is 0 Å². The topological polar surface area (TPSA) is 635 Å². The van der Waals surface area contributed by atoms with E-state index in [1.54, 1.807) is 4.90 Å². The Morgan fingerprint density at radius 2 is 0.657 bits per heavy atom. The predicted octanol–water partition coefficient (Wildman–Crippen LogP) is -2.94. The molecule has 44 nitrogen and oxygen atoms in total. The lowest BCUT2D eigenvalue weighted by Gasteiger charge is -2.47. The molecule has 1 aliphatic carbocycles. The molecule has 4 saturated heterocycles. The molecule has 0 spiro atoms. The number of nitrogens with one attached hydrogen (secondary N) is 11. The van der Waals surface area contributed by atoms with Gasteiger partial charge in [-0.25, -0.2) is 0 Å². The zero-order valence-corrected chi connectivity index (χ0v) is 79.5. The minimum Gasteiger partial charge on any atom is -0.394 e. The summed E-state index contributed by atoms with van der Waals surface area (Å²) in [4.78, 5) is 156. The monoisotopic (exact) mass is 1920 g/mol. The number of ether oxygens (including phenoxy) is 10. The first-order valence-electron chi connectivity index (χ1n) is 48.2. The van der Waals surface area contributed by atoms with Crippen molar-refractivity contribution in [3.8, 4) is 0 Å². The molecule has 0 bridgehead atoms. The van der Waals surface area contributed by atoms with Gasteiger partial charge >= 0.3 is 0 Å². The number of amides is 12. The van der Waals surface area contributed by atoms with Gasteiger partial charge in [0.05, 0.1) is 88.8 Å². The van der Waals surface area contributed by atoms with Gasteiger partial charge in [0, 0.05) is 151 Å². The molecule has 5 fully saturated rings. The van der Waals surface area contributed by atoms with Gasteiger partial charge < -0.3 is 162 Å². The van der Waals surface area contributed by atoms with Crippen LogP contribution in [0.3, 0.4) is 0 Å². The minimum absolute atomic E-state index is 0.0167. The summed E-state index contributed by atoms with van der Waals surface area (Å²) in [6.45, 7) is 11.3. The Balaban J connectivity index is 1.17. The quantitative estimate of drug-likeness (QED) is 0.0271. The number of carbonyl (C=O) groups is 12. The van der Waals surface area contributed by atoms with Crippen LogP contribution < -0.4 is 58.5 Å². The first-order chi connectivity index (χ1) is 64.0. The first kappa shape index (κ1) is 117. The summed E-state index contributed by atoms with van der Waals surface area (Å²) in [7, 11) is 0. The highest BCUT2D eigenvalue weighted by molar-refractivity contribution is 5.80. The van der Waals surface area contributed by atoms with Gasteiger partial charge in [-0.2, -0.15) is 0 Å². The smallest absolute Gasteiger partial charge is 0.222 e. The van der Waals surface area contributed by atoms with Crippen molar-refractivity contribution >= 4 is 70.9 Å². The average Bonchev–Trinajstić information content (AvgIpc) is 0.825. The third kappa shape index (κ3) is 46.1. The van der Waals surface area contributed by atoms with E-state index >= 15 is 0 Å². The molecule has 22 atom stereocenters.